The molecule has 1 aromatic heterocycles. The lowest BCUT2D eigenvalue weighted by Gasteiger charge is -2.15. The van der Waals surface area contributed by atoms with Gasteiger partial charge in [0.25, 0.3) is 0 Å². The Morgan fingerprint density at radius 2 is 2.20 bits per heavy atom. The molecule has 0 radical (unpaired) electrons. The molecule has 0 fully saturated rings. The lowest BCUT2D eigenvalue weighted by Crippen LogP contribution is -2.29. The van der Waals surface area contributed by atoms with Crippen molar-refractivity contribution in [2.75, 3.05) is 7.11 Å². The van der Waals surface area contributed by atoms with Gasteiger partial charge in [-0.05, 0) is 6.07 Å². The molecule has 2 unspecified atom stereocenters. The fourth-order valence-electron chi connectivity index (χ4n) is 1.02. The summed E-state index contributed by atoms with van der Waals surface area (Å²) in [6.45, 7) is 0. The standard InChI is InChI=1S/C9H10ClNO4/c1-15-9(14)8(13)7(12)5-2-6(10)4-11-3-5/h2-4,7-8,12-13H,1H3. The third-order valence-corrected chi connectivity index (χ3v) is 2.02. The van der Waals surface area contributed by atoms with Crippen molar-refractivity contribution in [2.24, 2.45) is 0 Å². The molecule has 0 aliphatic carbocycles. The highest BCUT2D eigenvalue weighted by Crippen LogP contribution is 2.19. The molecule has 0 saturated heterocycles. The summed E-state index contributed by atoms with van der Waals surface area (Å²) < 4.78 is 4.28. The van der Waals surface area contributed by atoms with Crippen molar-refractivity contribution < 1.29 is 19.7 Å². The number of hydrogen-bond donors (Lipinski definition) is 2. The van der Waals surface area contributed by atoms with E-state index < -0.39 is 18.2 Å². The number of aliphatic hydroxyl groups is 2. The van der Waals surface area contributed by atoms with Crippen LogP contribution in [0.2, 0.25) is 5.02 Å². The molecule has 1 aromatic rings. The molecule has 2 atom stereocenters. The first kappa shape index (κ1) is 11.9. The summed E-state index contributed by atoms with van der Waals surface area (Å²) in [6, 6.07) is 1.41. The lowest BCUT2D eigenvalue weighted by molar-refractivity contribution is -0.156. The minimum absolute atomic E-state index is 0.250. The summed E-state index contributed by atoms with van der Waals surface area (Å²) in [5, 5.41) is 19.2. The summed E-state index contributed by atoms with van der Waals surface area (Å²) in [6.07, 6.45) is -0.357. The number of esters is 1. The van der Waals surface area contributed by atoms with Gasteiger partial charge >= 0.3 is 5.97 Å². The minimum Gasteiger partial charge on any atom is -0.467 e. The summed E-state index contributed by atoms with van der Waals surface area (Å²) in [4.78, 5) is 14.6. The van der Waals surface area contributed by atoms with Crippen LogP contribution < -0.4 is 0 Å². The van der Waals surface area contributed by atoms with Crippen LogP contribution in [0.25, 0.3) is 0 Å². The van der Waals surface area contributed by atoms with E-state index >= 15 is 0 Å². The Balaban J connectivity index is 2.84. The van der Waals surface area contributed by atoms with Crippen molar-refractivity contribution in [2.45, 2.75) is 12.2 Å². The van der Waals surface area contributed by atoms with E-state index in [0.29, 0.717) is 5.02 Å². The predicted octanol–water partition coefficient (Wildman–Crippen LogP) is 0.302. The Labute approximate surface area is 91.3 Å². The first-order valence-corrected chi connectivity index (χ1v) is 4.48. The summed E-state index contributed by atoms with van der Waals surface area (Å²) in [5.41, 5.74) is 0.250. The van der Waals surface area contributed by atoms with Crippen LogP contribution in [0.1, 0.15) is 11.7 Å². The Hall–Kier alpha value is -1.17. The van der Waals surface area contributed by atoms with Gasteiger partial charge in [0.05, 0.1) is 12.1 Å². The SMILES string of the molecule is COC(=O)C(O)C(O)c1cncc(Cl)c1. The van der Waals surface area contributed by atoms with Crippen LogP contribution >= 0.6 is 11.6 Å². The zero-order valence-corrected chi connectivity index (χ0v) is 8.68. The highest BCUT2D eigenvalue weighted by molar-refractivity contribution is 6.30. The number of pyridine rings is 1. The van der Waals surface area contributed by atoms with Crippen molar-refractivity contribution in [1.29, 1.82) is 0 Å². The second-order valence-corrected chi connectivity index (χ2v) is 3.29. The van der Waals surface area contributed by atoms with E-state index in [1.54, 1.807) is 0 Å². The molecular formula is C9H10ClNO4. The van der Waals surface area contributed by atoms with Crippen molar-refractivity contribution in [3.05, 3.63) is 29.0 Å². The van der Waals surface area contributed by atoms with Gasteiger partial charge in [-0.3, -0.25) is 4.98 Å². The van der Waals surface area contributed by atoms with Crippen LogP contribution in [0.15, 0.2) is 18.5 Å². The van der Waals surface area contributed by atoms with Gasteiger partial charge in [0.1, 0.15) is 6.10 Å². The van der Waals surface area contributed by atoms with Gasteiger partial charge in [-0.25, -0.2) is 4.79 Å². The Kier molecular flexibility index (Phi) is 4.02. The smallest absolute Gasteiger partial charge is 0.337 e. The molecule has 0 aromatic carbocycles. The van der Waals surface area contributed by atoms with Gasteiger partial charge in [-0.2, -0.15) is 0 Å². The van der Waals surface area contributed by atoms with Gasteiger partial charge in [0, 0.05) is 18.0 Å². The highest BCUT2D eigenvalue weighted by atomic mass is 35.5. The average molecular weight is 232 g/mol. The minimum atomic E-state index is -1.64. The van der Waals surface area contributed by atoms with Gasteiger partial charge < -0.3 is 14.9 Å². The normalized spacial score (nSPS) is 14.4. The molecule has 1 heterocycles. The summed E-state index contributed by atoms with van der Waals surface area (Å²) in [7, 11) is 1.12. The molecule has 15 heavy (non-hydrogen) atoms. The van der Waals surface area contributed by atoms with Crippen LogP contribution in [0.3, 0.4) is 0 Å². The van der Waals surface area contributed by atoms with Crippen LogP contribution in [-0.2, 0) is 9.53 Å². The number of carbonyl (C=O) groups excluding carboxylic acids is 1. The quantitative estimate of drug-likeness (QED) is 0.732. The fraction of sp³-hybridized carbons (Fsp3) is 0.333. The molecule has 82 valence electrons. The van der Waals surface area contributed by atoms with E-state index in [9.17, 15) is 15.0 Å². The molecule has 0 aliphatic heterocycles. The zero-order chi connectivity index (χ0) is 11.4. The molecular weight excluding hydrogens is 222 g/mol. The van der Waals surface area contributed by atoms with Gasteiger partial charge in [0.15, 0.2) is 6.10 Å². The largest absolute Gasteiger partial charge is 0.467 e. The molecule has 0 aliphatic rings. The van der Waals surface area contributed by atoms with Crippen molar-refractivity contribution in [3.8, 4) is 0 Å². The average Bonchev–Trinajstić information content (AvgIpc) is 2.26. The third-order valence-electron chi connectivity index (χ3n) is 1.81. The number of nitrogens with zero attached hydrogens (tertiary/aromatic N) is 1. The lowest BCUT2D eigenvalue weighted by atomic mass is 10.1. The van der Waals surface area contributed by atoms with E-state index in [1.165, 1.54) is 18.5 Å². The first-order valence-electron chi connectivity index (χ1n) is 4.10. The van der Waals surface area contributed by atoms with Crippen LogP contribution in [0.5, 0.6) is 0 Å². The molecule has 2 N–H and O–H groups in total. The molecule has 1 rings (SSSR count). The highest BCUT2D eigenvalue weighted by Gasteiger charge is 2.26. The third kappa shape index (κ3) is 2.89. The summed E-state index contributed by atoms with van der Waals surface area (Å²) >= 11 is 5.64. The number of ether oxygens (including phenoxy) is 1. The van der Waals surface area contributed by atoms with E-state index in [4.69, 9.17) is 11.6 Å². The maximum atomic E-state index is 10.9. The van der Waals surface area contributed by atoms with Gasteiger partial charge in [-0.15, -0.1) is 0 Å². The van der Waals surface area contributed by atoms with Gasteiger partial charge in [-0.1, -0.05) is 11.6 Å². The number of aromatic nitrogens is 1. The number of methoxy groups -OCH3 is 1. The van der Waals surface area contributed by atoms with Crippen molar-refractivity contribution in [1.82, 2.24) is 4.98 Å². The zero-order valence-electron chi connectivity index (χ0n) is 7.92. The maximum absolute atomic E-state index is 10.9. The number of aliphatic hydroxyl groups excluding tert-OH is 2. The van der Waals surface area contributed by atoms with E-state index in [0.717, 1.165) is 7.11 Å². The Bertz CT molecular complexity index is 358. The molecule has 0 saturated carbocycles. The Morgan fingerprint density at radius 3 is 2.73 bits per heavy atom. The second kappa shape index (κ2) is 5.06. The van der Waals surface area contributed by atoms with Gasteiger partial charge in [0.2, 0.25) is 0 Å². The monoisotopic (exact) mass is 231 g/mol. The topological polar surface area (TPSA) is 79.7 Å². The van der Waals surface area contributed by atoms with Crippen molar-refractivity contribution in [3.63, 3.8) is 0 Å². The van der Waals surface area contributed by atoms with E-state index in [-0.39, 0.29) is 5.56 Å². The number of hydrogen-bond acceptors (Lipinski definition) is 5. The Morgan fingerprint density at radius 1 is 1.53 bits per heavy atom. The second-order valence-electron chi connectivity index (χ2n) is 2.85. The summed E-state index contributed by atoms with van der Waals surface area (Å²) in [5.74, 6) is -0.914. The predicted molar refractivity (Wildman–Crippen MR) is 52.2 cm³/mol. The van der Waals surface area contributed by atoms with Crippen LogP contribution in [-0.4, -0.2) is 34.4 Å². The maximum Gasteiger partial charge on any atom is 0.337 e. The number of halogens is 1. The van der Waals surface area contributed by atoms with Crippen LogP contribution in [0, 0.1) is 0 Å². The molecule has 0 spiro atoms. The molecule has 5 nitrogen and oxygen atoms in total. The van der Waals surface area contributed by atoms with E-state index in [2.05, 4.69) is 9.72 Å². The van der Waals surface area contributed by atoms with E-state index in [1.807, 2.05) is 0 Å². The fourth-order valence-corrected chi connectivity index (χ4v) is 1.20. The number of rotatable bonds is 3. The van der Waals surface area contributed by atoms with Crippen LogP contribution in [0.4, 0.5) is 0 Å². The molecule has 0 bridgehead atoms. The molecule has 6 heteroatoms. The molecule has 0 amide bonds. The number of carbonyl (C=O) groups is 1. The van der Waals surface area contributed by atoms with Crippen molar-refractivity contribution >= 4 is 17.6 Å². The first-order chi connectivity index (χ1) is 7.06.